The van der Waals surface area contributed by atoms with Gasteiger partial charge in [0.25, 0.3) is 0 Å². The molecular formula is C26H18BrN. The van der Waals surface area contributed by atoms with Crippen LogP contribution in [-0.2, 0) is 0 Å². The highest BCUT2D eigenvalue weighted by Crippen LogP contribution is 2.41. The van der Waals surface area contributed by atoms with Crippen LogP contribution in [0.3, 0.4) is 0 Å². The van der Waals surface area contributed by atoms with E-state index >= 15 is 0 Å². The van der Waals surface area contributed by atoms with Crippen LogP contribution < -0.4 is 4.90 Å². The minimum absolute atomic E-state index is 1.08. The van der Waals surface area contributed by atoms with Gasteiger partial charge in [-0.25, -0.2) is 0 Å². The molecule has 0 aliphatic heterocycles. The van der Waals surface area contributed by atoms with E-state index < -0.39 is 0 Å². The van der Waals surface area contributed by atoms with Gasteiger partial charge in [0.1, 0.15) is 0 Å². The van der Waals surface area contributed by atoms with Gasteiger partial charge in [-0.3, -0.25) is 0 Å². The molecule has 0 heterocycles. The van der Waals surface area contributed by atoms with Crippen LogP contribution in [-0.4, -0.2) is 0 Å². The lowest BCUT2D eigenvalue weighted by molar-refractivity contribution is 1.31. The molecule has 0 aromatic heterocycles. The van der Waals surface area contributed by atoms with E-state index in [1.165, 1.54) is 32.9 Å². The predicted molar refractivity (Wildman–Crippen MR) is 124 cm³/mol. The molecule has 0 bridgehead atoms. The van der Waals surface area contributed by atoms with Crippen molar-refractivity contribution >= 4 is 54.5 Å². The first kappa shape index (κ1) is 17.0. The summed E-state index contributed by atoms with van der Waals surface area (Å²) in [6.45, 7) is 0. The first-order valence-electron chi connectivity index (χ1n) is 9.32. The summed E-state index contributed by atoms with van der Waals surface area (Å²) < 4.78 is 1.08. The number of nitrogens with zero attached hydrogens (tertiary/aromatic N) is 1. The van der Waals surface area contributed by atoms with Gasteiger partial charge < -0.3 is 4.90 Å². The zero-order chi connectivity index (χ0) is 18.9. The number of rotatable bonds is 3. The third-order valence-electron chi connectivity index (χ3n) is 5.10. The second-order valence-corrected chi connectivity index (χ2v) is 7.72. The van der Waals surface area contributed by atoms with Gasteiger partial charge in [-0.15, -0.1) is 0 Å². The first-order valence-corrected chi connectivity index (χ1v) is 10.1. The average Bonchev–Trinajstić information content (AvgIpc) is 2.75. The summed E-state index contributed by atoms with van der Waals surface area (Å²) >= 11 is 3.57. The molecule has 0 radical (unpaired) electrons. The molecule has 2 heteroatoms. The number of fused-ring (bicyclic) bond motifs is 2. The van der Waals surface area contributed by atoms with Crippen LogP contribution in [0.4, 0.5) is 17.1 Å². The first-order chi connectivity index (χ1) is 13.8. The van der Waals surface area contributed by atoms with E-state index in [-0.39, 0.29) is 0 Å². The van der Waals surface area contributed by atoms with Crippen LogP contribution in [0.5, 0.6) is 0 Å². The largest absolute Gasteiger partial charge is 0.309 e. The SMILES string of the molecule is Brc1ccc(N(c2cccc3ccccc23)c2cccc3ccccc23)cc1. The van der Waals surface area contributed by atoms with Gasteiger partial charge in [0.05, 0.1) is 11.4 Å². The molecule has 0 fully saturated rings. The zero-order valence-electron chi connectivity index (χ0n) is 15.2. The molecule has 134 valence electrons. The van der Waals surface area contributed by atoms with Crippen molar-refractivity contribution in [1.82, 2.24) is 0 Å². The van der Waals surface area contributed by atoms with Gasteiger partial charge in [-0.05, 0) is 47.2 Å². The molecule has 5 rings (SSSR count). The van der Waals surface area contributed by atoms with Crippen LogP contribution in [0, 0.1) is 0 Å². The Morgan fingerprint density at radius 1 is 0.464 bits per heavy atom. The Bertz CT molecular complexity index is 1180. The Morgan fingerprint density at radius 3 is 1.46 bits per heavy atom. The van der Waals surface area contributed by atoms with Gasteiger partial charge in [0.2, 0.25) is 0 Å². The summed E-state index contributed by atoms with van der Waals surface area (Å²) in [5.41, 5.74) is 3.49. The maximum atomic E-state index is 3.57. The molecule has 0 atom stereocenters. The monoisotopic (exact) mass is 423 g/mol. The van der Waals surface area contributed by atoms with E-state index in [2.05, 4.69) is 130 Å². The second kappa shape index (κ2) is 7.14. The number of halogens is 1. The van der Waals surface area contributed by atoms with E-state index in [0.29, 0.717) is 0 Å². The summed E-state index contributed by atoms with van der Waals surface area (Å²) in [5, 5.41) is 4.95. The van der Waals surface area contributed by atoms with Crippen molar-refractivity contribution in [3.05, 3.63) is 114 Å². The molecule has 0 saturated heterocycles. The molecule has 5 aromatic rings. The molecule has 1 nitrogen and oxygen atoms in total. The van der Waals surface area contributed by atoms with Crippen LogP contribution in [0.25, 0.3) is 21.5 Å². The maximum absolute atomic E-state index is 3.57. The lowest BCUT2D eigenvalue weighted by Gasteiger charge is -2.28. The minimum atomic E-state index is 1.08. The van der Waals surface area contributed by atoms with Crippen molar-refractivity contribution in [3.8, 4) is 0 Å². The quantitative estimate of drug-likeness (QED) is 0.282. The van der Waals surface area contributed by atoms with E-state index in [4.69, 9.17) is 0 Å². The fourth-order valence-electron chi connectivity index (χ4n) is 3.80. The topological polar surface area (TPSA) is 3.24 Å². The molecule has 5 aromatic carbocycles. The van der Waals surface area contributed by atoms with Gasteiger partial charge in [0.15, 0.2) is 0 Å². The van der Waals surface area contributed by atoms with E-state index in [1.54, 1.807) is 0 Å². The van der Waals surface area contributed by atoms with Gasteiger partial charge >= 0.3 is 0 Å². The van der Waals surface area contributed by atoms with Crippen LogP contribution in [0.15, 0.2) is 114 Å². The number of hydrogen-bond acceptors (Lipinski definition) is 1. The smallest absolute Gasteiger partial charge is 0.0540 e. The lowest BCUT2D eigenvalue weighted by Crippen LogP contribution is -2.10. The Hall–Kier alpha value is -3.10. The van der Waals surface area contributed by atoms with Crippen molar-refractivity contribution < 1.29 is 0 Å². The highest BCUT2D eigenvalue weighted by molar-refractivity contribution is 9.10. The average molecular weight is 424 g/mol. The number of hydrogen-bond donors (Lipinski definition) is 0. The maximum Gasteiger partial charge on any atom is 0.0540 e. The van der Waals surface area contributed by atoms with Gasteiger partial charge in [-0.2, -0.15) is 0 Å². The molecule has 0 N–H and O–H groups in total. The highest BCUT2D eigenvalue weighted by Gasteiger charge is 2.17. The molecule has 0 spiro atoms. The van der Waals surface area contributed by atoms with E-state index in [0.717, 1.165) is 10.2 Å². The van der Waals surface area contributed by atoms with Crippen LogP contribution >= 0.6 is 15.9 Å². The molecule has 0 aliphatic rings. The molecule has 0 saturated carbocycles. The van der Waals surface area contributed by atoms with Crippen molar-refractivity contribution in [2.75, 3.05) is 4.90 Å². The Kier molecular flexibility index (Phi) is 4.34. The van der Waals surface area contributed by atoms with E-state index in [1.807, 2.05) is 0 Å². The Labute approximate surface area is 173 Å². The number of anilines is 3. The summed E-state index contributed by atoms with van der Waals surface area (Å²) in [4.78, 5) is 2.36. The molecule has 0 unspecified atom stereocenters. The van der Waals surface area contributed by atoms with Gasteiger partial charge in [-0.1, -0.05) is 88.7 Å². The molecule has 0 amide bonds. The predicted octanol–water partition coefficient (Wildman–Crippen LogP) is 8.23. The summed E-state index contributed by atoms with van der Waals surface area (Å²) in [6, 6.07) is 38.6. The zero-order valence-corrected chi connectivity index (χ0v) is 16.8. The number of benzene rings is 5. The van der Waals surface area contributed by atoms with Crippen LogP contribution in [0.2, 0.25) is 0 Å². The van der Waals surface area contributed by atoms with Crippen molar-refractivity contribution in [2.24, 2.45) is 0 Å². The summed E-state index contributed by atoms with van der Waals surface area (Å²) in [6.07, 6.45) is 0. The van der Waals surface area contributed by atoms with E-state index in [9.17, 15) is 0 Å². The third kappa shape index (κ3) is 2.96. The van der Waals surface area contributed by atoms with Gasteiger partial charge in [0, 0.05) is 20.9 Å². The summed E-state index contributed by atoms with van der Waals surface area (Å²) in [7, 11) is 0. The standard InChI is InChI=1S/C26H18BrN/c27-21-15-17-22(18-16-21)28(25-13-5-9-19-7-1-3-11-23(19)25)26-14-6-10-20-8-2-4-12-24(20)26/h1-18H. The fraction of sp³-hybridized carbons (Fsp3) is 0. The Morgan fingerprint density at radius 2 is 0.929 bits per heavy atom. The minimum Gasteiger partial charge on any atom is -0.309 e. The molecular weight excluding hydrogens is 406 g/mol. The normalized spacial score (nSPS) is 11.0. The van der Waals surface area contributed by atoms with Crippen LogP contribution in [0.1, 0.15) is 0 Å². The molecule has 28 heavy (non-hydrogen) atoms. The Balaban J connectivity index is 1.84. The third-order valence-corrected chi connectivity index (χ3v) is 5.63. The van der Waals surface area contributed by atoms with Crippen molar-refractivity contribution in [1.29, 1.82) is 0 Å². The molecule has 0 aliphatic carbocycles. The van der Waals surface area contributed by atoms with Crippen molar-refractivity contribution in [3.63, 3.8) is 0 Å². The summed E-state index contributed by atoms with van der Waals surface area (Å²) in [5.74, 6) is 0. The second-order valence-electron chi connectivity index (χ2n) is 6.81. The lowest BCUT2D eigenvalue weighted by atomic mass is 10.0. The highest BCUT2D eigenvalue weighted by atomic mass is 79.9. The van der Waals surface area contributed by atoms with Crippen molar-refractivity contribution in [2.45, 2.75) is 0 Å². The fourth-order valence-corrected chi connectivity index (χ4v) is 4.07.